The Kier molecular flexibility index (Phi) is 8.43. The van der Waals surface area contributed by atoms with E-state index in [-0.39, 0.29) is 22.9 Å². The van der Waals surface area contributed by atoms with Crippen LogP contribution in [0.15, 0.2) is 96.4 Å². The summed E-state index contributed by atoms with van der Waals surface area (Å²) in [4.78, 5) is 26.5. The van der Waals surface area contributed by atoms with Gasteiger partial charge in [-0.05, 0) is 48.4 Å². The zero-order chi connectivity index (χ0) is 25.4. The molecule has 35 heavy (non-hydrogen) atoms. The molecule has 7 nitrogen and oxygen atoms in total. The van der Waals surface area contributed by atoms with Crippen LogP contribution in [0, 0.1) is 6.92 Å². The molecule has 0 aliphatic rings. The van der Waals surface area contributed by atoms with E-state index >= 15 is 0 Å². The minimum Gasteiger partial charge on any atom is -0.452 e. The molecule has 0 fully saturated rings. The Labute approximate surface area is 206 Å². The van der Waals surface area contributed by atoms with Crippen molar-refractivity contribution in [2.75, 3.05) is 24.5 Å². The van der Waals surface area contributed by atoms with E-state index in [9.17, 15) is 18.0 Å². The van der Waals surface area contributed by atoms with Crippen LogP contribution in [-0.2, 0) is 26.1 Å². The number of para-hydroxylation sites is 1. The normalized spacial score (nSPS) is 10.9. The average molecular weight is 493 g/mol. The van der Waals surface area contributed by atoms with Crippen LogP contribution in [0.2, 0.25) is 0 Å². The number of esters is 1. The largest absolute Gasteiger partial charge is 0.452 e. The quantitative estimate of drug-likeness (QED) is 0.313. The van der Waals surface area contributed by atoms with Crippen molar-refractivity contribution in [3.05, 3.63) is 108 Å². The second-order valence-corrected chi connectivity index (χ2v) is 9.80. The maximum atomic E-state index is 13.3. The predicted octanol–water partition coefficient (Wildman–Crippen LogP) is 4.19. The van der Waals surface area contributed by atoms with E-state index in [1.165, 1.54) is 39.5 Å². The summed E-state index contributed by atoms with van der Waals surface area (Å²) in [6.07, 6.45) is 1.49. The maximum absolute atomic E-state index is 13.3. The number of aryl methyl sites for hydroxylation is 1. The molecule has 8 heteroatoms. The molecular formula is C27H28N2O5S. The zero-order valence-corrected chi connectivity index (χ0v) is 20.6. The van der Waals surface area contributed by atoms with Crippen molar-refractivity contribution < 1.29 is 22.7 Å². The van der Waals surface area contributed by atoms with Gasteiger partial charge in [-0.2, -0.15) is 0 Å². The fourth-order valence-corrected chi connectivity index (χ4v) is 4.90. The number of carbonyl (C=O) groups is 2. The Bertz CT molecular complexity index is 1310. The second-order valence-electron chi connectivity index (χ2n) is 7.94. The maximum Gasteiger partial charge on any atom is 0.338 e. The van der Waals surface area contributed by atoms with Crippen molar-refractivity contribution in [2.24, 2.45) is 0 Å². The van der Waals surface area contributed by atoms with Gasteiger partial charge in [-0.1, -0.05) is 54.6 Å². The number of nitrogens with zero attached hydrogens (tertiary/aromatic N) is 2. The van der Waals surface area contributed by atoms with Crippen LogP contribution >= 0.6 is 0 Å². The van der Waals surface area contributed by atoms with Crippen LogP contribution in [-0.4, -0.2) is 45.4 Å². The molecule has 182 valence electrons. The van der Waals surface area contributed by atoms with Gasteiger partial charge in [-0.15, -0.1) is 6.58 Å². The van der Waals surface area contributed by atoms with Crippen LogP contribution in [0.4, 0.5) is 5.69 Å². The Morgan fingerprint density at radius 1 is 0.971 bits per heavy atom. The molecule has 0 aromatic heterocycles. The molecule has 0 heterocycles. The summed E-state index contributed by atoms with van der Waals surface area (Å²) < 4.78 is 33.0. The SMILES string of the molecule is C=CCN(c1ccccc1)S(=O)(=O)c1cccc(C(=O)OCC(=O)N(C)Cc2ccccc2C)c1. The van der Waals surface area contributed by atoms with Crippen molar-refractivity contribution in [1.82, 2.24) is 4.90 Å². The lowest BCUT2D eigenvalue weighted by molar-refractivity contribution is -0.133. The van der Waals surface area contributed by atoms with Crippen molar-refractivity contribution in [1.29, 1.82) is 0 Å². The van der Waals surface area contributed by atoms with E-state index in [0.717, 1.165) is 11.1 Å². The third kappa shape index (κ3) is 6.36. The molecule has 1 amide bonds. The highest BCUT2D eigenvalue weighted by Crippen LogP contribution is 2.24. The molecule has 0 saturated heterocycles. The number of carbonyl (C=O) groups excluding carboxylic acids is 2. The van der Waals surface area contributed by atoms with Gasteiger partial charge in [0.1, 0.15) is 0 Å². The van der Waals surface area contributed by atoms with E-state index in [2.05, 4.69) is 6.58 Å². The number of ether oxygens (including phenoxy) is 1. The highest BCUT2D eigenvalue weighted by atomic mass is 32.2. The molecule has 0 unspecified atom stereocenters. The Hall–Kier alpha value is -3.91. The van der Waals surface area contributed by atoms with Crippen molar-refractivity contribution in [2.45, 2.75) is 18.4 Å². The molecule has 0 atom stereocenters. The fourth-order valence-electron chi connectivity index (χ4n) is 3.42. The molecule has 3 aromatic carbocycles. The van der Waals surface area contributed by atoms with Gasteiger partial charge in [-0.25, -0.2) is 13.2 Å². The zero-order valence-electron chi connectivity index (χ0n) is 19.8. The van der Waals surface area contributed by atoms with Crippen LogP contribution in [0.5, 0.6) is 0 Å². The number of sulfonamides is 1. The lowest BCUT2D eigenvalue weighted by Gasteiger charge is -2.23. The number of rotatable bonds is 10. The monoisotopic (exact) mass is 492 g/mol. The van der Waals surface area contributed by atoms with Crippen LogP contribution in [0.25, 0.3) is 0 Å². The molecule has 0 saturated carbocycles. The number of hydrogen-bond donors (Lipinski definition) is 0. The van der Waals surface area contributed by atoms with Gasteiger partial charge in [-0.3, -0.25) is 9.10 Å². The first-order chi connectivity index (χ1) is 16.7. The highest BCUT2D eigenvalue weighted by Gasteiger charge is 2.25. The second kappa shape index (κ2) is 11.5. The van der Waals surface area contributed by atoms with E-state index in [1.807, 2.05) is 31.2 Å². The molecule has 0 spiro atoms. The lowest BCUT2D eigenvalue weighted by atomic mass is 10.1. The third-order valence-electron chi connectivity index (χ3n) is 5.42. The number of hydrogen-bond acceptors (Lipinski definition) is 5. The molecule has 0 aliphatic carbocycles. The molecule has 0 N–H and O–H groups in total. The molecule has 3 aromatic rings. The highest BCUT2D eigenvalue weighted by molar-refractivity contribution is 7.92. The minimum atomic E-state index is -3.98. The summed E-state index contributed by atoms with van der Waals surface area (Å²) >= 11 is 0. The summed E-state index contributed by atoms with van der Waals surface area (Å²) in [5.41, 5.74) is 2.56. The van der Waals surface area contributed by atoms with Crippen LogP contribution in [0.3, 0.4) is 0 Å². The van der Waals surface area contributed by atoms with Gasteiger partial charge in [0.05, 0.1) is 22.7 Å². The molecule has 3 rings (SSSR count). The van der Waals surface area contributed by atoms with Gasteiger partial charge >= 0.3 is 5.97 Å². The Morgan fingerprint density at radius 2 is 1.66 bits per heavy atom. The van der Waals surface area contributed by atoms with E-state index in [4.69, 9.17) is 4.74 Å². The smallest absolute Gasteiger partial charge is 0.338 e. The first kappa shape index (κ1) is 25.7. The topological polar surface area (TPSA) is 84.0 Å². The van der Waals surface area contributed by atoms with Crippen molar-refractivity contribution in [3.63, 3.8) is 0 Å². The fraction of sp³-hybridized carbons (Fsp3) is 0.185. The summed E-state index contributed by atoms with van der Waals surface area (Å²) in [5, 5.41) is 0. The van der Waals surface area contributed by atoms with Gasteiger partial charge in [0, 0.05) is 13.6 Å². The lowest BCUT2D eigenvalue weighted by Crippen LogP contribution is -2.31. The van der Waals surface area contributed by atoms with E-state index in [0.29, 0.717) is 12.2 Å². The van der Waals surface area contributed by atoms with E-state index in [1.54, 1.807) is 37.4 Å². The van der Waals surface area contributed by atoms with Crippen molar-refractivity contribution in [3.8, 4) is 0 Å². The van der Waals surface area contributed by atoms with Gasteiger partial charge in [0.15, 0.2) is 6.61 Å². The Morgan fingerprint density at radius 3 is 2.34 bits per heavy atom. The van der Waals surface area contributed by atoms with Gasteiger partial charge in [0.25, 0.3) is 15.9 Å². The average Bonchev–Trinajstić information content (AvgIpc) is 2.87. The number of benzene rings is 3. The summed E-state index contributed by atoms with van der Waals surface area (Å²) in [6, 6.07) is 21.9. The van der Waals surface area contributed by atoms with Crippen LogP contribution < -0.4 is 4.31 Å². The van der Waals surface area contributed by atoms with Gasteiger partial charge in [0.2, 0.25) is 0 Å². The molecule has 0 aliphatic heterocycles. The standard InChI is InChI=1S/C27H28N2O5S/c1-4-17-29(24-14-6-5-7-15-24)35(32,33)25-16-10-13-22(18-25)27(31)34-20-26(30)28(3)19-23-12-9-8-11-21(23)2/h4-16,18H,1,17,19-20H2,2-3H3. The summed E-state index contributed by atoms with van der Waals surface area (Å²) in [6.45, 7) is 5.60. The van der Waals surface area contributed by atoms with Crippen LogP contribution in [0.1, 0.15) is 21.5 Å². The molecular weight excluding hydrogens is 464 g/mol. The summed E-state index contributed by atoms with van der Waals surface area (Å²) in [5.74, 6) is -1.15. The molecule has 0 radical (unpaired) electrons. The minimum absolute atomic E-state index is 0.0343. The number of likely N-dealkylation sites (N-methyl/N-ethyl adjacent to an activating group) is 1. The third-order valence-corrected chi connectivity index (χ3v) is 7.21. The first-order valence-corrected chi connectivity index (χ1v) is 12.4. The molecule has 0 bridgehead atoms. The van der Waals surface area contributed by atoms with E-state index < -0.39 is 22.6 Å². The van der Waals surface area contributed by atoms with Crippen molar-refractivity contribution >= 4 is 27.6 Å². The first-order valence-electron chi connectivity index (χ1n) is 11.0. The number of anilines is 1. The number of amides is 1. The Balaban J connectivity index is 1.71. The summed E-state index contributed by atoms with van der Waals surface area (Å²) in [7, 11) is -2.34. The van der Waals surface area contributed by atoms with Gasteiger partial charge < -0.3 is 9.64 Å². The predicted molar refractivity (Wildman–Crippen MR) is 136 cm³/mol.